The van der Waals surface area contributed by atoms with Crippen LogP contribution in [0, 0.1) is 6.92 Å². The first-order chi connectivity index (χ1) is 12.0. The number of ether oxygens (including phenoxy) is 2. The van der Waals surface area contributed by atoms with Gasteiger partial charge in [-0.1, -0.05) is 36.2 Å². The molecule has 6 heteroatoms. The normalized spacial score (nSPS) is 10.4. The highest BCUT2D eigenvalue weighted by Crippen LogP contribution is 2.36. The Bertz CT molecular complexity index is 717. The van der Waals surface area contributed by atoms with Crippen LogP contribution in [0.5, 0.6) is 11.5 Å². The Morgan fingerprint density at radius 2 is 1.92 bits per heavy atom. The number of carbonyl (C=O) groups is 1. The fraction of sp³-hybridized carbons (Fsp3) is 0.316. The zero-order valence-electron chi connectivity index (χ0n) is 14.7. The molecule has 134 valence electrons. The van der Waals surface area contributed by atoms with Gasteiger partial charge in [-0.15, -0.1) is 0 Å². The molecule has 2 N–H and O–H groups in total. The number of anilines is 1. The molecular weight excluding hydrogens is 340 g/mol. The van der Waals surface area contributed by atoms with E-state index in [2.05, 4.69) is 10.6 Å². The van der Waals surface area contributed by atoms with Gasteiger partial charge in [0.2, 0.25) is 0 Å². The Hall–Kier alpha value is -2.24. The predicted molar refractivity (Wildman–Crippen MR) is 101 cm³/mol. The summed E-state index contributed by atoms with van der Waals surface area (Å²) >= 11 is 6.29. The van der Waals surface area contributed by atoms with Crippen molar-refractivity contribution >= 4 is 23.2 Å². The Morgan fingerprint density at radius 3 is 2.56 bits per heavy atom. The van der Waals surface area contributed by atoms with Crippen LogP contribution in [-0.4, -0.2) is 26.2 Å². The molecule has 0 radical (unpaired) electrons. The van der Waals surface area contributed by atoms with E-state index in [1.165, 1.54) is 0 Å². The topological polar surface area (TPSA) is 59.6 Å². The SMILES string of the molecule is CCNCc1cc(Cl)c(OCC(=O)Nc2ccc(C)cc2)c(OC)c1. The Balaban J connectivity index is 2.01. The van der Waals surface area contributed by atoms with Crippen LogP contribution in [0.1, 0.15) is 18.1 Å². The lowest BCUT2D eigenvalue weighted by molar-refractivity contribution is -0.118. The van der Waals surface area contributed by atoms with Crippen molar-refractivity contribution in [2.75, 3.05) is 25.6 Å². The van der Waals surface area contributed by atoms with Gasteiger partial charge in [0, 0.05) is 12.2 Å². The average molecular weight is 363 g/mol. The summed E-state index contributed by atoms with van der Waals surface area (Å²) in [4.78, 5) is 12.1. The second-order valence-electron chi connectivity index (χ2n) is 5.59. The number of aryl methyl sites for hydroxylation is 1. The van der Waals surface area contributed by atoms with Crippen LogP contribution >= 0.6 is 11.6 Å². The molecule has 0 atom stereocenters. The summed E-state index contributed by atoms with van der Waals surface area (Å²) in [6.45, 7) is 5.40. The van der Waals surface area contributed by atoms with Crippen molar-refractivity contribution in [2.24, 2.45) is 0 Å². The van der Waals surface area contributed by atoms with Crippen LogP contribution < -0.4 is 20.1 Å². The van der Waals surface area contributed by atoms with Gasteiger partial charge in [-0.25, -0.2) is 0 Å². The molecule has 0 aromatic heterocycles. The lowest BCUT2D eigenvalue weighted by Gasteiger charge is -2.14. The van der Waals surface area contributed by atoms with E-state index in [-0.39, 0.29) is 12.5 Å². The second-order valence-corrected chi connectivity index (χ2v) is 6.00. The molecule has 0 fully saturated rings. The van der Waals surface area contributed by atoms with Gasteiger partial charge in [-0.3, -0.25) is 4.79 Å². The summed E-state index contributed by atoms with van der Waals surface area (Å²) < 4.78 is 10.9. The quantitative estimate of drug-likeness (QED) is 0.750. The zero-order valence-corrected chi connectivity index (χ0v) is 15.4. The predicted octanol–water partition coefficient (Wildman–Crippen LogP) is 3.78. The van der Waals surface area contributed by atoms with Crippen molar-refractivity contribution in [1.82, 2.24) is 5.32 Å². The summed E-state index contributed by atoms with van der Waals surface area (Å²) in [7, 11) is 1.54. The molecule has 0 spiro atoms. The van der Waals surface area contributed by atoms with Gasteiger partial charge < -0.3 is 20.1 Å². The Kier molecular flexibility index (Phi) is 7.10. The summed E-state index contributed by atoms with van der Waals surface area (Å²) in [5.41, 5.74) is 2.84. The number of hydrogen-bond donors (Lipinski definition) is 2. The second kappa shape index (κ2) is 9.30. The molecule has 25 heavy (non-hydrogen) atoms. The van der Waals surface area contributed by atoms with E-state index in [0.29, 0.717) is 23.1 Å². The van der Waals surface area contributed by atoms with E-state index in [4.69, 9.17) is 21.1 Å². The molecule has 1 amide bonds. The average Bonchev–Trinajstić information content (AvgIpc) is 2.60. The molecule has 0 heterocycles. The number of carbonyl (C=O) groups excluding carboxylic acids is 1. The third kappa shape index (κ3) is 5.66. The Morgan fingerprint density at radius 1 is 1.20 bits per heavy atom. The molecule has 2 aromatic carbocycles. The molecule has 0 aliphatic heterocycles. The molecule has 0 aliphatic rings. The number of methoxy groups -OCH3 is 1. The number of benzene rings is 2. The van der Waals surface area contributed by atoms with E-state index in [0.717, 1.165) is 23.4 Å². The van der Waals surface area contributed by atoms with Gasteiger partial charge in [0.1, 0.15) is 0 Å². The zero-order chi connectivity index (χ0) is 18.2. The number of rotatable bonds is 8. The third-order valence-corrected chi connectivity index (χ3v) is 3.83. The van der Waals surface area contributed by atoms with Crippen LogP contribution in [-0.2, 0) is 11.3 Å². The molecule has 0 unspecified atom stereocenters. The maximum absolute atomic E-state index is 12.1. The van der Waals surface area contributed by atoms with Gasteiger partial charge in [0.05, 0.1) is 12.1 Å². The highest BCUT2D eigenvalue weighted by Gasteiger charge is 2.14. The van der Waals surface area contributed by atoms with Crippen molar-refractivity contribution in [3.63, 3.8) is 0 Å². The molecule has 5 nitrogen and oxygen atoms in total. The minimum Gasteiger partial charge on any atom is -0.493 e. The maximum Gasteiger partial charge on any atom is 0.262 e. The molecular formula is C19H23ClN2O3. The highest BCUT2D eigenvalue weighted by atomic mass is 35.5. The van der Waals surface area contributed by atoms with Crippen LogP contribution in [0.4, 0.5) is 5.69 Å². The van der Waals surface area contributed by atoms with Gasteiger partial charge >= 0.3 is 0 Å². The fourth-order valence-electron chi connectivity index (χ4n) is 2.26. The maximum atomic E-state index is 12.1. The van der Waals surface area contributed by atoms with E-state index >= 15 is 0 Å². The van der Waals surface area contributed by atoms with Crippen molar-refractivity contribution in [3.05, 3.63) is 52.5 Å². The van der Waals surface area contributed by atoms with Crippen LogP contribution in [0.2, 0.25) is 5.02 Å². The molecule has 2 rings (SSSR count). The van der Waals surface area contributed by atoms with Crippen molar-refractivity contribution in [3.8, 4) is 11.5 Å². The summed E-state index contributed by atoms with van der Waals surface area (Å²) in [5, 5.41) is 6.42. The van der Waals surface area contributed by atoms with Gasteiger partial charge in [-0.2, -0.15) is 0 Å². The molecule has 0 saturated heterocycles. The number of nitrogens with one attached hydrogen (secondary N) is 2. The first kappa shape index (κ1) is 19.1. The van der Waals surface area contributed by atoms with Gasteiger partial charge in [0.15, 0.2) is 18.1 Å². The largest absolute Gasteiger partial charge is 0.493 e. The summed E-state index contributed by atoms with van der Waals surface area (Å²) in [5.74, 6) is 0.603. The van der Waals surface area contributed by atoms with Crippen LogP contribution in [0.15, 0.2) is 36.4 Å². The third-order valence-electron chi connectivity index (χ3n) is 3.55. The first-order valence-electron chi connectivity index (χ1n) is 8.10. The molecule has 0 saturated carbocycles. The first-order valence-corrected chi connectivity index (χ1v) is 8.47. The van der Waals surface area contributed by atoms with E-state index < -0.39 is 0 Å². The van der Waals surface area contributed by atoms with Crippen molar-refractivity contribution < 1.29 is 14.3 Å². The van der Waals surface area contributed by atoms with E-state index in [1.807, 2.05) is 44.2 Å². The fourth-order valence-corrected chi connectivity index (χ4v) is 2.54. The minimum atomic E-state index is -0.265. The minimum absolute atomic E-state index is 0.156. The number of halogens is 1. The molecule has 0 bridgehead atoms. The molecule has 2 aromatic rings. The van der Waals surface area contributed by atoms with Crippen molar-refractivity contribution in [2.45, 2.75) is 20.4 Å². The summed E-state index contributed by atoms with van der Waals surface area (Å²) in [6.07, 6.45) is 0. The van der Waals surface area contributed by atoms with Crippen LogP contribution in [0.3, 0.4) is 0 Å². The molecule has 0 aliphatic carbocycles. The van der Waals surface area contributed by atoms with Crippen molar-refractivity contribution in [1.29, 1.82) is 0 Å². The summed E-state index contributed by atoms with van der Waals surface area (Å²) in [6, 6.07) is 11.2. The number of amides is 1. The van der Waals surface area contributed by atoms with Crippen LogP contribution in [0.25, 0.3) is 0 Å². The van der Waals surface area contributed by atoms with E-state index in [9.17, 15) is 4.79 Å². The lowest BCUT2D eigenvalue weighted by atomic mass is 10.2. The monoisotopic (exact) mass is 362 g/mol. The Labute approximate surface area is 153 Å². The highest BCUT2D eigenvalue weighted by molar-refractivity contribution is 6.32. The van der Waals surface area contributed by atoms with Gasteiger partial charge in [-0.05, 0) is 43.3 Å². The number of hydrogen-bond acceptors (Lipinski definition) is 4. The standard InChI is InChI=1S/C19H23ClN2O3/c1-4-21-11-14-9-16(20)19(17(10-14)24-3)25-12-18(23)22-15-7-5-13(2)6-8-15/h5-10,21H,4,11-12H2,1-3H3,(H,22,23). The smallest absolute Gasteiger partial charge is 0.262 e. The van der Waals surface area contributed by atoms with Gasteiger partial charge in [0.25, 0.3) is 5.91 Å². The van der Waals surface area contributed by atoms with E-state index in [1.54, 1.807) is 13.2 Å². The lowest BCUT2D eigenvalue weighted by Crippen LogP contribution is -2.20.